The number of carbonyl (C=O) groups is 3. The number of carbonyl (C=O) groups excluding carboxylic acids is 3. The summed E-state index contributed by atoms with van der Waals surface area (Å²) in [5.41, 5.74) is 3.14. The Morgan fingerprint density at radius 1 is 1.06 bits per heavy atom. The Labute approximate surface area is 189 Å². The molecule has 2 aliphatic heterocycles. The summed E-state index contributed by atoms with van der Waals surface area (Å²) in [6.45, 7) is 0.489. The molecule has 1 aromatic carbocycles. The SMILES string of the molecule is NN(c1ccccc1)c1c2c(n(N)c1-c1ccncc1)CN(C(=O)N1CCNC1=O)CC2=O. The fourth-order valence-electron chi connectivity index (χ4n) is 4.26. The van der Waals surface area contributed by atoms with Gasteiger partial charge >= 0.3 is 12.1 Å². The lowest BCUT2D eigenvalue weighted by molar-refractivity contribution is 0.0899. The van der Waals surface area contributed by atoms with Gasteiger partial charge in [-0.3, -0.25) is 19.5 Å². The van der Waals surface area contributed by atoms with E-state index in [0.29, 0.717) is 40.4 Å². The molecule has 0 aliphatic carbocycles. The Morgan fingerprint density at radius 2 is 1.79 bits per heavy atom. The van der Waals surface area contributed by atoms with Crippen molar-refractivity contribution < 1.29 is 14.4 Å². The van der Waals surface area contributed by atoms with Crippen LogP contribution in [0.4, 0.5) is 21.0 Å². The van der Waals surface area contributed by atoms with E-state index in [1.807, 2.05) is 30.3 Å². The van der Waals surface area contributed by atoms with Gasteiger partial charge in [0.25, 0.3) is 0 Å². The van der Waals surface area contributed by atoms with Crippen molar-refractivity contribution >= 4 is 29.2 Å². The molecular formula is C22H22N8O3. The quantitative estimate of drug-likeness (QED) is 0.408. The zero-order chi connectivity index (χ0) is 23.1. The highest BCUT2D eigenvalue weighted by atomic mass is 16.2. The summed E-state index contributed by atoms with van der Waals surface area (Å²) in [4.78, 5) is 44.7. The van der Waals surface area contributed by atoms with Crippen molar-refractivity contribution in [3.8, 4) is 11.3 Å². The number of imide groups is 1. The molecule has 33 heavy (non-hydrogen) atoms. The maximum absolute atomic E-state index is 13.4. The molecule has 4 amide bonds. The molecule has 0 bridgehead atoms. The second-order valence-corrected chi connectivity index (χ2v) is 7.78. The second-order valence-electron chi connectivity index (χ2n) is 7.78. The fourth-order valence-corrected chi connectivity index (χ4v) is 4.26. The van der Waals surface area contributed by atoms with Crippen LogP contribution in [-0.2, 0) is 6.54 Å². The molecule has 2 aromatic heterocycles. The standard InChI is InChI=1S/C22H22N8O3/c23-29(15-4-2-1-3-5-15)20-18-16(30(24)19(20)14-6-8-25-9-7-14)12-27(13-17(18)31)22(33)28-11-10-26-21(28)32/h1-9H,10-13,23-24H2,(H,26,32). The number of urea groups is 2. The van der Waals surface area contributed by atoms with Crippen LogP contribution in [-0.4, -0.2) is 56.9 Å². The number of nitrogen functional groups attached to an aromatic ring is 1. The number of nitrogens with zero attached hydrogens (tertiary/aromatic N) is 5. The third kappa shape index (κ3) is 3.34. The summed E-state index contributed by atoms with van der Waals surface area (Å²) in [6, 6.07) is 11.7. The lowest BCUT2D eigenvalue weighted by atomic mass is 10.0. The number of fused-ring (bicyclic) bond motifs is 1. The average Bonchev–Trinajstić information content (AvgIpc) is 3.40. The van der Waals surface area contributed by atoms with Gasteiger partial charge in [0.1, 0.15) is 0 Å². The number of rotatable bonds is 3. The summed E-state index contributed by atoms with van der Waals surface area (Å²) in [7, 11) is 0. The highest BCUT2D eigenvalue weighted by Crippen LogP contribution is 2.41. The molecule has 0 unspecified atom stereocenters. The Hall–Kier alpha value is -4.38. The number of hydrazine groups is 1. The first kappa shape index (κ1) is 20.5. The number of aromatic nitrogens is 2. The van der Waals surface area contributed by atoms with Crippen molar-refractivity contribution in [3.63, 3.8) is 0 Å². The number of hydrogen-bond acceptors (Lipinski definition) is 7. The lowest BCUT2D eigenvalue weighted by Gasteiger charge is -2.30. The number of pyridine rings is 1. The van der Waals surface area contributed by atoms with E-state index in [9.17, 15) is 14.4 Å². The van der Waals surface area contributed by atoms with E-state index in [-0.39, 0.29) is 25.4 Å². The maximum Gasteiger partial charge on any atom is 0.328 e. The molecule has 0 atom stereocenters. The molecule has 0 spiro atoms. The first-order valence-corrected chi connectivity index (χ1v) is 10.4. The van der Waals surface area contributed by atoms with Crippen molar-refractivity contribution in [2.45, 2.75) is 6.54 Å². The van der Waals surface area contributed by atoms with E-state index >= 15 is 0 Å². The Bertz CT molecular complexity index is 1240. The van der Waals surface area contributed by atoms with Gasteiger partial charge in [-0.1, -0.05) is 18.2 Å². The van der Waals surface area contributed by atoms with Gasteiger partial charge in [-0.25, -0.2) is 20.3 Å². The molecular weight excluding hydrogens is 424 g/mol. The normalized spacial score (nSPS) is 15.4. The van der Waals surface area contributed by atoms with Crippen LogP contribution in [0.15, 0.2) is 54.9 Å². The number of nitrogens with two attached hydrogens (primary N) is 2. The van der Waals surface area contributed by atoms with Crippen LogP contribution in [0.2, 0.25) is 0 Å². The Balaban J connectivity index is 1.63. The Morgan fingerprint density at radius 3 is 2.45 bits per heavy atom. The number of anilines is 2. The van der Waals surface area contributed by atoms with Crippen LogP contribution in [0.25, 0.3) is 11.3 Å². The minimum absolute atomic E-state index is 0.0564. The van der Waals surface area contributed by atoms with Gasteiger partial charge in [-0.15, -0.1) is 0 Å². The zero-order valence-electron chi connectivity index (χ0n) is 17.6. The zero-order valence-corrected chi connectivity index (χ0v) is 17.6. The van der Waals surface area contributed by atoms with Crippen LogP contribution >= 0.6 is 0 Å². The summed E-state index contributed by atoms with van der Waals surface area (Å²) >= 11 is 0. The minimum Gasteiger partial charge on any atom is -0.339 e. The topological polar surface area (TPSA) is 143 Å². The van der Waals surface area contributed by atoms with E-state index in [4.69, 9.17) is 11.7 Å². The van der Waals surface area contributed by atoms with E-state index in [0.717, 1.165) is 4.90 Å². The van der Waals surface area contributed by atoms with Crippen molar-refractivity contribution in [3.05, 3.63) is 66.1 Å². The minimum atomic E-state index is -0.537. The fraction of sp³-hybridized carbons (Fsp3) is 0.182. The van der Waals surface area contributed by atoms with Gasteiger partial charge in [-0.05, 0) is 24.3 Å². The molecule has 3 aromatic rings. The lowest BCUT2D eigenvalue weighted by Crippen LogP contribution is -2.48. The van der Waals surface area contributed by atoms with Crippen molar-refractivity contribution in [1.29, 1.82) is 0 Å². The highest BCUT2D eigenvalue weighted by molar-refractivity contribution is 6.10. The van der Waals surface area contributed by atoms with Gasteiger partial charge in [0.2, 0.25) is 0 Å². The second kappa shape index (κ2) is 7.95. The van der Waals surface area contributed by atoms with Gasteiger partial charge in [0, 0.05) is 31.0 Å². The van der Waals surface area contributed by atoms with Gasteiger partial charge < -0.3 is 16.1 Å². The summed E-state index contributed by atoms with van der Waals surface area (Å²) in [5.74, 6) is 12.7. The predicted octanol–water partition coefficient (Wildman–Crippen LogP) is 1.42. The molecule has 1 fully saturated rings. The number of Topliss-reactive ketones (excluding diaryl/α,β-unsaturated/α-hetero) is 1. The van der Waals surface area contributed by atoms with E-state index < -0.39 is 12.1 Å². The van der Waals surface area contributed by atoms with Crippen LogP contribution in [0, 0.1) is 0 Å². The first-order chi connectivity index (χ1) is 16.0. The number of ketones is 1. The van der Waals surface area contributed by atoms with Crippen LogP contribution in [0.3, 0.4) is 0 Å². The van der Waals surface area contributed by atoms with E-state index in [1.54, 1.807) is 24.5 Å². The molecule has 11 nitrogen and oxygen atoms in total. The van der Waals surface area contributed by atoms with Gasteiger partial charge in [-0.2, -0.15) is 0 Å². The van der Waals surface area contributed by atoms with E-state index in [1.165, 1.54) is 14.6 Å². The molecule has 2 aliphatic rings. The number of benzene rings is 1. The van der Waals surface area contributed by atoms with Gasteiger partial charge in [0.15, 0.2) is 5.78 Å². The van der Waals surface area contributed by atoms with Crippen LogP contribution in [0.5, 0.6) is 0 Å². The van der Waals surface area contributed by atoms with Crippen molar-refractivity contribution in [1.82, 2.24) is 24.8 Å². The third-order valence-corrected chi connectivity index (χ3v) is 5.82. The molecule has 0 saturated carbocycles. The number of para-hydroxylation sites is 1. The summed E-state index contributed by atoms with van der Waals surface area (Å²) in [5, 5.41) is 4.03. The van der Waals surface area contributed by atoms with E-state index in [2.05, 4.69) is 10.3 Å². The van der Waals surface area contributed by atoms with Crippen LogP contribution < -0.4 is 22.0 Å². The largest absolute Gasteiger partial charge is 0.339 e. The first-order valence-electron chi connectivity index (χ1n) is 10.4. The highest BCUT2D eigenvalue weighted by Gasteiger charge is 2.39. The summed E-state index contributed by atoms with van der Waals surface area (Å²) < 4.78 is 1.39. The monoisotopic (exact) mass is 446 g/mol. The number of amides is 4. The molecule has 11 heteroatoms. The molecule has 5 rings (SSSR count). The Kier molecular flexibility index (Phi) is 4.94. The molecule has 0 radical (unpaired) electrons. The molecule has 168 valence electrons. The molecule has 4 heterocycles. The van der Waals surface area contributed by atoms with Crippen molar-refractivity contribution in [2.24, 2.45) is 5.84 Å². The average molecular weight is 446 g/mol. The number of nitrogens with one attached hydrogen (secondary N) is 1. The molecule has 1 saturated heterocycles. The van der Waals surface area contributed by atoms with Crippen LogP contribution in [0.1, 0.15) is 16.1 Å². The summed E-state index contributed by atoms with van der Waals surface area (Å²) in [6.07, 6.45) is 3.25. The number of hydrogen-bond donors (Lipinski definition) is 3. The maximum atomic E-state index is 13.4. The third-order valence-electron chi connectivity index (χ3n) is 5.82. The predicted molar refractivity (Wildman–Crippen MR) is 121 cm³/mol. The van der Waals surface area contributed by atoms with Crippen molar-refractivity contribution in [2.75, 3.05) is 30.5 Å². The molecule has 5 N–H and O–H groups in total. The van der Waals surface area contributed by atoms with Gasteiger partial charge in [0.05, 0.1) is 41.4 Å². The smallest absolute Gasteiger partial charge is 0.328 e.